The number of aromatic nitrogens is 4. The summed E-state index contributed by atoms with van der Waals surface area (Å²) in [4.78, 5) is 23.4. The molecule has 29 heavy (non-hydrogen) atoms. The number of carbonyl (C=O) groups is 1. The minimum atomic E-state index is -0.432. The summed E-state index contributed by atoms with van der Waals surface area (Å²) in [7, 11) is 0. The van der Waals surface area contributed by atoms with Gasteiger partial charge in [-0.25, -0.2) is 14.2 Å². The molecule has 144 valence electrons. The fourth-order valence-electron chi connectivity index (χ4n) is 2.84. The molecule has 2 aromatic heterocycles. The van der Waals surface area contributed by atoms with E-state index < -0.39 is 5.91 Å². The van der Waals surface area contributed by atoms with Crippen LogP contribution in [-0.4, -0.2) is 25.9 Å². The Labute approximate surface area is 164 Å². The van der Waals surface area contributed by atoms with Gasteiger partial charge in [0.2, 0.25) is 0 Å². The maximum Gasteiger partial charge on any atom is 0.271 e. The number of halogens is 1. The van der Waals surface area contributed by atoms with E-state index in [1.54, 1.807) is 16.8 Å². The standard InChI is InChI=1S/C21H16FN5O2/c22-16-8-6-14(7-9-16)20-15(13-27(26-20)17-4-2-1-3-5-17)12-23-21(29)18-10-11-19(28)25-24-18/h1-11,13H,12H2,(H,23,29)(H,25,28). The number of rotatable bonds is 5. The average Bonchev–Trinajstić information content (AvgIpc) is 3.18. The zero-order valence-corrected chi connectivity index (χ0v) is 15.2. The second-order valence-electron chi connectivity index (χ2n) is 6.28. The quantitative estimate of drug-likeness (QED) is 0.549. The molecule has 0 unspecified atom stereocenters. The molecule has 8 heteroatoms. The van der Waals surface area contributed by atoms with Gasteiger partial charge in [0.15, 0.2) is 0 Å². The number of amides is 1. The van der Waals surface area contributed by atoms with Crippen LogP contribution in [0.2, 0.25) is 0 Å². The van der Waals surface area contributed by atoms with Crippen LogP contribution in [0.4, 0.5) is 4.39 Å². The van der Waals surface area contributed by atoms with Crippen LogP contribution in [-0.2, 0) is 6.54 Å². The van der Waals surface area contributed by atoms with E-state index in [4.69, 9.17) is 0 Å². The Morgan fingerprint density at radius 3 is 2.48 bits per heavy atom. The summed E-state index contributed by atoms with van der Waals surface area (Å²) in [5.41, 5.74) is 2.68. The van der Waals surface area contributed by atoms with E-state index in [0.717, 1.165) is 16.8 Å². The Morgan fingerprint density at radius 2 is 1.79 bits per heavy atom. The Bertz CT molecular complexity index is 1180. The van der Waals surface area contributed by atoms with Gasteiger partial charge in [-0.1, -0.05) is 18.2 Å². The van der Waals surface area contributed by atoms with E-state index in [1.165, 1.54) is 24.3 Å². The predicted octanol–water partition coefficient (Wildman–Crippen LogP) is 2.69. The predicted molar refractivity (Wildman–Crippen MR) is 105 cm³/mol. The highest BCUT2D eigenvalue weighted by Gasteiger charge is 2.15. The summed E-state index contributed by atoms with van der Waals surface area (Å²) >= 11 is 0. The van der Waals surface area contributed by atoms with Crippen molar-refractivity contribution in [1.82, 2.24) is 25.3 Å². The van der Waals surface area contributed by atoms with E-state index in [1.807, 2.05) is 36.5 Å². The van der Waals surface area contributed by atoms with Gasteiger partial charge >= 0.3 is 0 Å². The summed E-state index contributed by atoms with van der Waals surface area (Å²) in [5.74, 6) is -0.769. The monoisotopic (exact) mass is 389 g/mol. The van der Waals surface area contributed by atoms with Crippen molar-refractivity contribution in [3.05, 3.63) is 100 Å². The number of hydrogen-bond donors (Lipinski definition) is 2. The van der Waals surface area contributed by atoms with Crippen molar-refractivity contribution in [2.45, 2.75) is 6.54 Å². The minimum absolute atomic E-state index is 0.100. The molecule has 0 radical (unpaired) electrons. The van der Waals surface area contributed by atoms with Crippen molar-refractivity contribution in [2.75, 3.05) is 0 Å². The number of H-pyrrole nitrogens is 1. The number of aromatic amines is 1. The van der Waals surface area contributed by atoms with Gasteiger partial charge in [-0.2, -0.15) is 10.2 Å². The number of nitrogens with zero attached hydrogens (tertiary/aromatic N) is 3. The maximum absolute atomic E-state index is 13.3. The number of hydrogen-bond acceptors (Lipinski definition) is 4. The first-order valence-corrected chi connectivity index (χ1v) is 8.84. The maximum atomic E-state index is 13.3. The second kappa shape index (κ2) is 7.89. The highest BCUT2D eigenvalue weighted by Crippen LogP contribution is 2.24. The van der Waals surface area contributed by atoms with Gasteiger partial charge in [0.05, 0.1) is 11.4 Å². The van der Waals surface area contributed by atoms with Crippen LogP contribution in [0.3, 0.4) is 0 Å². The van der Waals surface area contributed by atoms with Crippen LogP contribution in [0.25, 0.3) is 16.9 Å². The highest BCUT2D eigenvalue weighted by atomic mass is 19.1. The van der Waals surface area contributed by atoms with E-state index in [2.05, 4.69) is 20.6 Å². The van der Waals surface area contributed by atoms with Gasteiger partial charge in [-0.05, 0) is 42.5 Å². The molecule has 0 aliphatic heterocycles. The van der Waals surface area contributed by atoms with Crippen molar-refractivity contribution in [3.63, 3.8) is 0 Å². The Morgan fingerprint density at radius 1 is 1.03 bits per heavy atom. The molecule has 4 aromatic rings. The fraction of sp³-hybridized carbons (Fsp3) is 0.0476. The molecule has 4 rings (SSSR count). The van der Waals surface area contributed by atoms with E-state index >= 15 is 0 Å². The van der Waals surface area contributed by atoms with Gasteiger partial charge < -0.3 is 5.32 Å². The Balaban J connectivity index is 1.64. The molecule has 0 fully saturated rings. The van der Waals surface area contributed by atoms with Gasteiger partial charge in [-0.3, -0.25) is 9.59 Å². The lowest BCUT2D eigenvalue weighted by Gasteiger charge is -2.05. The molecule has 0 spiro atoms. The number of benzene rings is 2. The zero-order chi connectivity index (χ0) is 20.2. The lowest BCUT2D eigenvalue weighted by atomic mass is 10.1. The summed E-state index contributed by atoms with van der Waals surface area (Å²) in [6, 6.07) is 18.1. The molecule has 0 atom stereocenters. The van der Waals surface area contributed by atoms with Crippen LogP contribution in [0.5, 0.6) is 0 Å². The third-order valence-corrected chi connectivity index (χ3v) is 4.28. The Kier molecular flexibility index (Phi) is 4.98. The van der Waals surface area contributed by atoms with Crippen molar-refractivity contribution in [1.29, 1.82) is 0 Å². The third kappa shape index (κ3) is 4.11. The van der Waals surface area contributed by atoms with E-state index in [0.29, 0.717) is 5.69 Å². The third-order valence-electron chi connectivity index (χ3n) is 4.28. The molecule has 0 saturated carbocycles. The molecule has 2 heterocycles. The molecule has 0 aliphatic carbocycles. The van der Waals surface area contributed by atoms with Gasteiger partial charge in [0.25, 0.3) is 11.5 Å². The summed E-state index contributed by atoms with van der Waals surface area (Å²) in [6.45, 7) is 0.180. The van der Waals surface area contributed by atoms with Crippen molar-refractivity contribution in [3.8, 4) is 16.9 Å². The van der Waals surface area contributed by atoms with Gasteiger partial charge in [0, 0.05) is 29.9 Å². The summed E-state index contributed by atoms with van der Waals surface area (Å²) < 4.78 is 15.0. The molecule has 0 saturated heterocycles. The van der Waals surface area contributed by atoms with Crippen LogP contribution >= 0.6 is 0 Å². The Hall–Kier alpha value is -4.07. The highest BCUT2D eigenvalue weighted by molar-refractivity contribution is 5.92. The largest absolute Gasteiger partial charge is 0.346 e. The smallest absolute Gasteiger partial charge is 0.271 e. The van der Waals surface area contributed by atoms with Crippen molar-refractivity contribution in [2.24, 2.45) is 0 Å². The average molecular weight is 389 g/mol. The van der Waals surface area contributed by atoms with Crippen LogP contribution in [0.1, 0.15) is 16.1 Å². The zero-order valence-electron chi connectivity index (χ0n) is 15.2. The first-order chi connectivity index (χ1) is 14.1. The molecular weight excluding hydrogens is 373 g/mol. The van der Waals surface area contributed by atoms with Gasteiger partial charge in [0.1, 0.15) is 11.5 Å². The lowest BCUT2D eigenvalue weighted by Crippen LogP contribution is -2.25. The number of nitrogens with one attached hydrogen (secondary N) is 2. The molecule has 7 nitrogen and oxygen atoms in total. The van der Waals surface area contributed by atoms with Gasteiger partial charge in [-0.15, -0.1) is 0 Å². The SMILES string of the molecule is O=C(NCc1cn(-c2ccccc2)nc1-c1ccc(F)cc1)c1ccc(=O)[nH]n1. The topological polar surface area (TPSA) is 92.7 Å². The molecule has 0 bridgehead atoms. The molecule has 2 N–H and O–H groups in total. The van der Waals surface area contributed by atoms with E-state index in [9.17, 15) is 14.0 Å². The minimum Gasteiger partial charge on any atom is -0.346 e. The lowest BCUT2D eigenvalue weighted by molar-refractivity contribution is 0.0945. The van der Waals surface area contributed by atoms with Crippen molar-refractivity contribution >= 4 is 5.91 Å². The normalized spacial score (nSPS) is 10.7. The molecule has 1 amide bonds. The second-order valence-corrected chi connectivity index (χ2v) is 6.28. The molecule has 0 aliphatic rings. The van der Waals surface area contributed by atoms with Crippen molar-refractivity contribution < 1.29 is 9.18 Å². The van der Waals surface area contributed by atoms with Crippen LogP contribution < -0.4 is 10.9 Å². The number of para-hydroxylation sites is 1. The molecular formula is C21H16FN5O2. The number of carbonyl (C=O) groups excluding carboxylic acids is 1. The summed E-state index contributed by atoms with van der Waals surface area (Å²) in [6.07, 6.45) is 1.81. The first-order valence-electron chi connectivity index (χ1n) is 8.84. The first kappa shape index (κ1) is 18.3. The van der Waals surface area contributed by atoms with Crippen LogP contribution in [0.15, 0.2) is 77.7 Å². The molecule has 2 aromatic carbocycles. The fourth-order valence-corrected chi connectivity index (χ4v) is 2.84. The van der Waals surface area contributed by atoms with Crippen LogP contribution in [0, 0.1) is 5.82 Å². The summed E-state index contributed by atoms with van der Waals surface area (Å²) in [5, 5.41) is 13.3. The van der Waals surface area contributed by atoms with E-state index in [-0.39, 0.29) is 23.6 Å².